The summed E-state index contributed by atoms with van der Waals surface area (Å²) >= 11 is 0. The number of nitrogens with two attached hydrogens (primary N) is 1. The van der Waals surface area contributed by atoms with Gasteiger partial charge in [-0.1, -0.05) is 46.5 Å². The number of hydrogen-bond acceptors (Lipinski definition) is 2. The third kappa shape index (κ3) is 4.21. The zero-order valence-electron chi connectivity index (χ0n) is 13.9. The fraction of sp³-hybridized carbons (Fsp3) is 1.00. The van der Waals surface area contributed by atoms with Crippen molar-refractivity contribution >= 4 is 0 Å². The number of ether oxygens (including phenoxy) is 1. The molecular weight excluding hydrogens is 246 g/mol. The largest absolute Gasteiger partial charge is 0.370 e. The van der Waals surface area contributed by atoms with Crippen LogP contribution in [0.3, 0.4) is 0 Å². The summed E-state index contributed by atoms with van der Waals surface area (Å²) in [5.74, 6) is 0.833. The van der Waals surface area contributed by atoms with Crippen molar-refractivity contribution in [3.05, 3.63) is 0 Å². The standard InChI is InChI=1S/C18H35NO/c1-17(2,3)15-10-12-18(14-19,13-11-15)20-16-8-6-4-5-7-9-16/h15-16H,4-14,19H2,1-3H3. The Hall–Kier alpha value is -0.0800. The molecule has 118 valence electrons. The van der Waals surface area contributed by atoms with Crippen LogP contribution in [0.15, 0.2) is 0 Å². The maximum absolute atomic E-state index is 6.59. The average Bonchev–Trinajstić information content (AvgIpc) is 2.67. The van der Waals surface area contributed by atoms with Crippen LogP contribution >= 0.6 is 0 Å². The minimum absolute atomic E-state index is 0.00322. The van der Waals surface area contributed by atoms with Crippen LogP contribution in [0.5, 0.6) is 0 Å². The van der Waals surface area contributed by atoms with Crippen LogP contribution in [0.25, 0.3) is 0 Å². The Morgan fingerprint density at radius 3 is 1.95 bits per heavy atom. The predicted molar refractivity (Wildman–Crippen MR) is 85.8 cm³/mol. The van der Waals surface area contributed by atoms with Gasteiger partial charge in [0, 0.05) is 6.54 Å². The van der Waals surface area contributed by atoms with Crippen molar-refractivity contribution in [3.63, 3.8) is 0 Å². The number of rotatable bonds is 3. The lowest BCUT2D eigenvalue weighted by molar-refractivity contribution is -0.123. The molecule has 2 aliphatic carbocycles. The second-order valence-corrected chi connectivity index (χ2v) is 8.26. The smallest absolute Gasteiger partial charge is 0.0808 e. The van der Waals surface area contributed by atoms with Gasteiger partial charge in [-0.05, 0) is 49.9 Å². The molecule has 2 heteroatoms. The summed E-state index contributed by atoms with van der Waals surface area (Å²) in [6.45, 7) is 7.83. The molecule has 0 unspecified atom stereocenters. The molecule has 0 bridgehead atoms. The highest BCUT2D eigenvalue weighted by Crippen LogP contribution is 2.43. The molecule has 0 atom stereocenters. The molecule has 2 saturated carbocycles. The van der Waals surface area contributed by atoms with Crippen LogP contribution in [-0.4, -0.2) is 18.2 Å². The second-order valence-electron chi connectivity index (χ2n) is 8.26. The summed E-state index contributed by atoms with van der Waals surface area (Å²) in [6, 6.07) is 0. The van der Waals surface area contributed by atoms with E-state index in [1.165, 1.54) is 64.2 Å². The van der Waals surface area contributed by atoms with Crippen LogP contribution in [-0.2, 0) is 4.74 Å². The van der Waals surface area contributed by atoms with Gasteiger partial charge in [0.2, 0.25) is 0 Å². The minimum Gasteiger partial charge on any atom is -0.370 e. The fourth-order valence-electron chi connectivity index (χ4n) is 4.09. The molecule has 0 spiro atoms. The molecule has 2 rings (SSSR count). The third-order valence-electron chi connectivity index (χ3n) is 5.71. The molecule has 20 heavy (non-hydrogen) atoms. The molecule has 0 aromatic carbocycles. The highest BCUT2D eigenvalue weighted by molar-refractivity contribution is 4.92. The van der Waals surface area contributed by atoms with E-state index in [-0.39, 0.29) is 5.60 Å². The molecule has 2 aliphatic rings. The minimum atomic E-state index is -0.00322. The molecule has 2 nitrogen and oxygen atoms in total. The fourth-order valence-corrected chi connectivity index (χ4v) is 4.09. The second kappa shape index (κ2) is 6.79. The Kier molecular flexibility index (Phi) is 5.53. The van der Waals surface area contributed by atoms with Crippen LogP contribution < -0.4 is 5.73 Å². The Morgan fingerprint density at radius 1 is 0.950 bits per heavy atom. The maximum atomic E-state index is 6.59. The molecule has 0 saturated heterocycles. The van der Waals surface area contributed by atoms with Gasteiger partial charge in [-0.25, -0.2) is 0 Å². The van der Waals surface area contributed by atoms with E-state index < -0.39 is 0 Å². The lowest BCUT2D eigenvalue weighted by atomic mass is 9.68. The Labute approximate surface area is 125 Å². The zero-order valence-corrected chi connectivity index (χ0v) is 13.9. The van der Waals surface area contributed by atoms with Crippen LogP contribution in [0, 0.1) is 11.3 Å². The lowest BCUT2D eigenvalue weighted by Crippen LogP contribution is -2.47. The van der Waals surface area contributed by atoms with E-state index in [0.29, 0.717) is 18.1 Å². The van der Waals surface area contributed by atoms with Gasteiger partial charge in [0.05, 0.1) is 11.7 Å². The van der Waals surface area contributed by atoms with E-state index in [4.69, 9.17) is 10.5 Å². The maximum Gasteiger partial charge on any atom is 0.0808 e. The molecule has 0 amide bonds. The third-order valence-corrected chi connectivity index (χ3v) is 5.71. The molecule has 0 heterocycles. The Morgan fingerprint density at radius 2 is 1.50 bits per heavy atom. The van der Waals surface area contributed by atoms with Crippen LogP contribution in [0.4, 0.5) is 0 Å². The van der Waals surface area contributed by atoms with Crippen molar-refractivity contribution in [2.45, 2.75) is 96.7 Å². The van der Waals surface area contributed by atoms with Crippen LogP contribution in [0.2, 0.25) is 0 Å². The molecular formula is C18H35NO. The quantitative estimate of drug-likeness (QED) is 0.764. The first-order valence-electron chi connectivity index (χ1n) is 8.83. The van der Waals surface area contributed by atoms with E-state index in [2.05, 4.69) is 20.8 Å². The monoisotopic (exact) mass is 281 g/mol. The van der Waals surface area contributed by atoms with Crippen LogP contribution in [0.1, 0.15) is 85.0 Å². The predicted octanol–water partition coefficient (Wildman–Crippen LogP) is 4.66. The first-order chi connectivity index (χ1) is 9.45. The van der Waals surface area contributed by atoms with Gasteiger partial charge in [-0.15, -0.1) is 0 Å². The average molecular weight is 281 g/mol. The molecule has 2 fully saturated rings. The molecule has 0 radical (unpaired) electrons. The van der Waals surface area contributed by atoms with Crippen molar-refractivity contribution < 1.29 is 4.74 Å². The van der Waals surface area contributed by atoms with E-state index in [1.807, 2.05) is 0 Å². The summed E-state index contributed by atoms with van der Waals surface area (Å²) in [6.07, 6.45) is 13.4. The van der Waals surface area contributed by atoms with Crippen molar-refractivity contribution in [1.29, 1.82) is 0 Å². The molecule has 0 aromatic rings. The summed E-state index contributed by atoms with van der Waals surface area (Å²) in [7, 11) is 0. The normalized spacial score (nSPS) is 33.9. The molecule has 2 N–H and O–H groups in total. The molecule has 0 aromatic heterocycles. The van der Waals surface area contributed by atoms with Crippen molar-refractivity contribution in [3.8, 4) is 0 Å². The highest BCUT2D eigenvalue weighted by Gasteiger charge is 2.40. The van der Waals surface area contributed by atoms with Crippen molar-refractivity contribution in [1.82, 2.24) is 0 Å². The van der Waals surface area contributed by atoms with Gasteiger partial charge >= 0.3 is 0 Å². The first kappa shape index (κ1) is 16.3. The van der Waals surface area contributed by atoms with Gasteiger partial charge in [0.15, 0.2) is 0 Å². The topological polar surface area (TPSA) is 35.2 Å². The van der Waals surface area contributed by atoms with Gasteiger partial charge in [-0.3, -0.25) is 0 Å². The van der Waals surface area contributed by atoms with Gasteiger partial charge in [0.25, 0.3) is 0 Å². The Balaban J connectivity index is 1.90. The van der Waals surface area contributed by atoms with Crippen molar-refractivity contribution in [2.24, 2.45) is 17.1 Å². The Bertz CT molecular complexity index is 278. The van der Waals surface area contributed by atoms with E-state index >= 15 is 0 Å². The van der Waals surface area contributed by atoms with Gasteiger partial charge in [0.1, 0.15) is 0 Å². The van der Waals surface area contributed by atoms with Crippen molar-refractivity contribution in [2.75, 3.05) is 6.54 Å². The number of hydrogen-bond donors (Lipinski definition) is 1. The lowest BCUT2D eigenvalue weighted by Gasteiger charge is -2.45. The summed E-state index contributed by atoms with van der Waals surface area (Å²) < 4.78 is 6.59. The van der Waals surface area contributed by atoms with Gasteiger partial charge < -0.3 is 10.5 Å². The first-order valence-corrected chi connectivity index (χ1v) is 8.83. The highest BCUT2D eigenvalue weighted by atomic mass is 16.5. The molecule has 0 aliphatic heterocycles. The van der Waals surface area contributed by atoms with Gasteiger partial charge in [-0.2, -0.15) is 0 Å². The summed E-state index contributed by atoms with van der Waals surface area (Å²) in [5.41, 5.74) is 6.55. The SMILES string of the molecule is CC(C)(C)C1CCC(CN)(OC2CCCCCC2)CC1. The van der Waals surface area contributed by atoms with E-state index in [9.17, 15) is 0 Å². The van der Waals surface area contributed by atoms with E-state index in [0.717, 1.165) is 5.92 Å². The van der Waals surface area contributed by atoms with E-state index in [1.54, 1.807) is 0 Å². The summed E-state index contributed by atoms with van der Waals surface area (Å²) in [5, 5.41) is 0. The summed E-state index contributed by atoms with van der Waals surface area (Å²) in [4.78, 5) is 0. The zero-order chi connectivity index (χ0) is 14.6.